The monoisotopic (exact) mass is 198 g/mol. The van der Waals surface area contributed by atoms with E-state index in [0.29, 0.717) is 3.41 Å². The highest BCUT2D eigenvalue weighted by Gasteiger charge is 2.29. The third kappa shape index (κ3) is 2.48. The third-order valence-electron chi connectivity index (χ3n) is 1.14. The molecule has 1 aliphatic rings. The van der Waals surface area contributed by atoms with Crippen LogP contribution in [0.3, 0.4) is 0 Å². The third-order valence-corrected chi connectivity index (χ3v) is 6.42. The molecular formula is C5H10S4. The Balaban J connectivity index is 2.32. The highest BCUT2D eigenvalue weighted by Crippen LogP contribution is 2.51. The van der Waals surface area contributed by atoms with Gasteiger partial charge >= 0.3 is 0 Å². The Kier molecular flexibility index (Phi) is 3.49. The van der Waals surface area contributed by atoms with Crippen molar-refractivity contribution < 1.29 is 0 Å². The molecule has 0 unspecified atom stereocenters. The highest BCUT2D eigenvalue weighted by molar-refractivity contribution is 8.37. The van der Waals surface area contributed by atoms with E-state index in [-0.39, 0.29) is 0 Å². The maximum absolute atomic E-state index is 4.19. The molecule has 0 radical (unpaired) electrons. The molecule has 4 heteroatoms. The van der Waals surface area contributed by atoms with E-state index in [2.05, 4.69) is 19.6 Å². The lowest BCUT2D eigenvalue weighted by Gasteiger charge is -2.18. The molecule has 0 amide bonds. The van der Waals surface area contributed by atoms with Crippen LogP contribution >= 0.6 is 47.9 Å². The van der Waals surface area contributed by atoms with Crippen LogP contribution in [-0.4, -0.2) is 20.0 Å². The van der Waals surface area contributed by atoms with Gasteiger partial charge in [-0.3, -0.25) is 0 Å². The molecule has 0 aliphatic carbocycles. The molecule has 0 aromatic heterocycles. The van der Waals surface area contributed by atoms with Crippen LogP contribution in [-0.2, 0) is 0 Å². The van der Waals surface area contributed by atoms with E-state index in [9.17, 15) is 0 Å². The standard InChI is InChI=1S/C5H10S4/c1-5(9-4-6)7-2-3-8-5/h6H,2-4H2,1H3. The van der Waals surface area contributed by atoms with Gasteiger partial charge in [-0.1, -0.05) is 0 Å². The van der Waals surface area contributed by atoms with Gasteiger partial charge < -0.3 is 0 Å². The zero-order valence-corrected chi connectivity index (χ0v) is 8.64. The summed E-state index contributed by atoms with van der Waals surface area (Å²) >= 11 is 10.2. The zero-order valence-electron chi connectivity index (χ0n) is 5.29. The molecule has 1 fully saturated rings. The van der Waals surface area contributed by atoms with Gasteiger partial charge in [-0.25, -0.2) is 0 Å². The number of hydrogen-bond donors (Lipinski definition) is 1. The van der Waals surface area contributed by atoms with Gasteiger partial charge in [0.15, 0.2) is 0 Å². The van der Waals surface area contributed by atoms with Crippen LogP contribution in [0, 0.1) is 0 Å². The molecule has 9 heavy (non-hydrogen) atoms. The van der Waals surface area contributed by atoms with Gasteiger partial charge in [0.25, 0.3) is 0 Å². The molecule has 0 aromatic carbocycles. The van der Waals surface area contributed by atoms with Crippen molar-refractivity contribution in [3.63, 3.8) is 0 Å². The van der Waals surface area contributed by atoms with Crippen molar-refractivity contribution in [1.82, 2.24) is 0 Å². The first-order valence-electron chi connectivity index (χ1n) is 2.79. The fourth-order valence-corrected chi connectivity index (χ4v) is 5.99. The molecule has 0 spiro atoms. The molecule has 1 aliphatic heterocycles. The number of thioether (sulfide) groups is 3. The summed E-state index contributed by atoms with van der Waals surface area (Å²) < 4.78 is 0.418. The average molecular weight is 198 g/mol. The fraction of sp³-hybridized carbons (Fsp3) is 1.00. The number of thiol groups is 1. The molecule has 0 saturated carbocycles. The first-order chi connectivity index (χ1) is 4.27. The van der Waals surface area contributed by atoms with Crippen molar-refractivity contribution >= 4 is 47.9 Å². The lowest BCUT2D eigenvalue weighted by atomic mass is 10.9. The second-order valence-corrected chi connectivity index (χ2v) is 7.77. The predicted octanol–water partition coefficient (Wildman–Crippen LogP) is 2.76. The van der Waals surface area contributed by atoms with Crippen molar-refractivity contribution in [1.29, 1.82) is 0 Å². The molecule has 0 atom stereocenters. The van der Waals surface area contributed by atoms with Gasteiger partial charge in [0, 0.05) is 16.6 Å². The summed E-state index contributed by atoms with van der Waals surface area (Å²) in [4.78, 5) is 0. The molecule has 54 valence electrons. The van der Waals surface area contributed by atoms with E-state index >= 15 is 0 Å². The highest BCUT2D eigenvalue weighted by atomic mass is 32.3. The van der Waals surface area contributed by atoms with Gasteiger partial charge in [0.2, 0.25) is 0 Å². The maximum Gasteiger partial charge on any atom is 0.104 e. The molecular weight excluding hydrogens is 188 g/mol. The Bertz CT molecular complexity index is 87.0. The minimum atomic E-state index is 0.418. The average Bonchev–Trinajstić information content (AvgIpc) is 2.16. The van der Waals surface area contributed by atoms with E-state index in [1.165, 1.54) is 11.5 Å². The summed E-state index contributed by atoms with van der Waals surface area (Å²) in [6.45, 7) is 2.29. The Morgan fingerprint density at radius 1 is 1.56 bits per heavy atom. The summed E-state index contributed by atoms with van der Waals surface area (Å²) in [7, 11) is 0. The first kappa shape index (κ1) is 8.50. The van der Waals surface area contributed by atoms with Gasteiger partial charge in [0.05, 0.1) is 0 Å². The topological polar surface area (TPSA) is 0 Å². The molecule has 1 rings (SSSR count). The maximum atomic E-state index is 4.19. The minimum Gasteiger partial charge on any atom is -0.168 e. The quantitative estimate of drug-likeness (QED) is 0.536. The summed E-state index contributed by atoms with van der Waals surface area (Å²) in [5.74, 6) is 2.61. The van der Waals surface area contributed by atoms with Crippen LogP contribution < -0.4 is 0 Å². The Morgan fingerprint density at radius 2 is 2.11 bits per heavy atom. The van der Waals surface area contributed by atoms with Crippen molar-refractivity contribution in [2.45, 2.75) is 10.3 Å². The summed E-state index contributed by atoms with van der Waals surface area (Å²) in [5.41, 5.74) is 0. The van der Waals surface area contributed by atoms with Crippen molar-refractivity contribution in [3.05, 3.63) is 0 Å². The molecule has 0 N–H and O–H groups in total. The van der Waals surface area contributed by atoms with Gasteiger partial charge in [-0.05, 0) is 6.92 Å². The second kappa shape index (κ2) is 3.69. The molecule has 0 aromatic rings. The normalized spacial score (nSPS) is 24.7. The van der Waals surface area contributed by atoms with Crippen molar-refractivity contribution in [2.75, 3.05) is 16.6 Å². The van der Waals surface area contributed by atoms with Gasteiger partial charge in [-0.2, -0.15) is 12.6 Å². The summed E-state index contributed by atoms with van der Waals surface area (Å²) in [6, 6.07) is 0. The van der Waals surface area contributed by atoms with Crippen molar-refractivity contribution in [2.24, 2.45) is 0 Å². The Hall–Kier alpha value is 1.40. The van der Waals surface area contributed by atoms with Crippen LogP contribution in [0.4, 0.5) is 0 Å². The van der Waals surface area contributed by atoms with Crippen LogP contribution in [0.1, 0.15) is 6.92 Å². The van der Waals surface area contributed by atoms with E-state index in [0.717, 1.165) is 5.08 Å². The fourth-order valence-electron chi connectivity index (χ4n) is 0.696. The molecule has 0 nitrogen and oxygen atoms in total. The Morgan fingerprint density at radius 3 is 2.56 bits per heavy atom. The molecule has 0 bridgehead atoms. The van der Waals surface area contributed by atoms with Crippen LogP contribution in [0.2, 0.25) is 0 Å². The number of rotatable bonds is 2. The predicted molar refractivity (Wildman–Crippen MR) is 54.8 cm³/mol. The summed E-state index contributed by atoms with van der Waals surface area (Å²) in [6.07, 6.45) is 0. The van der Waals surface area contributed by atoms with Crippen LogP contribution in [0.25, 0.3) is 0 Å². The van der Waals surface area contributed by atoms with Crippen molar-refractivity contribution in [3.8, 4) is 0 Å². The second-order valence-electron chi connectivity index (χ2n) is 1.83. The lowest BCUT2D eigenvalue weighted by Crippen LogP contribution is -2.03. The number of hydrogen-bond acceptors (Lipinski definition) is 4. The SMILES string of the molecule is CC1(SCS)SCCS1. The van der Waals surface area contributed by atoms with E-state index in [4.69, 9.17) is 0 Å². The van der Waals surface area contributed by atoms with Crippen LogP contribution in [0.5, 0.6) is 0 Å². The van der Waals surface area contributed by atoms with Gasteiger partial charge in [0.1, 0.15) is 3.41 Å². The smallest absolute Gasteiger partial charge is 0.104 e. The minimum absolute atomic E-state index is 0.418. The van der Waals surface area contributed by atoms with E-state index < -0.39 is 0 Å². The van der Waals surface area contributed by atoms with Gasteiger partial charge in [-0.15, -0.1) is 35.3 Å². The molecule has 1 saturated heterocycles. The van der Waals surface area contributed by atoms with Crippen LogP contribution in [0.15, 0.2) is 0 Å². The summed E-state index contributed by atoms with van der Waals surface area (Å²) in [5, 5.41) is 0.941. The van der Waals surface area contributed by atoms with E-state index in [1.54, 1.807) is 0 Å². The first-order valence-corrected chi connectivity index (χ1v) is 6.38. The lowest BCUT2D eigenvalue weighted by molar-refractivity contribution is 1.34. The Labute approximate surface area is 74.7 Å². The van der Waals surface area contributed by atoms with E-state index in [1.807, 2.05) is 35.3 Å². The largest absolute Gasteiger partial charge is 0.168 e. The molecule has 1 heterocycles. The zero-order chi connectivity index (χ0) is 6.74.